The lowest BCUT2D eigenvalue weighted by Crippen LogP contribution is -2.50. The summed E-state index contributed by atoms with van der Waals surface area (Å²) >= 11 is 0. The lowest BCUT2D eigenvalue weighted by Gasteiger charge is -2.26. The van der Waals surface area contributed by atoms with Crippen molar-refractivity contribution < 1.29 is 13.2 Å². The van der Waals surface area contributed by atoms with E-state index in [-0.39, 0.29) is 17.0 Å². The Morgan fingerprint density at radius 3 is 2.44 bits per heavy atom. The molecule has 2 N–H and O–H groups in total. The zero-order valence-electron chi connectivity index (χ0n) is 15.6. The number of amides is 2. The van der Waals surface area contributed by atoms with Gasteiger partial charge in [-0.2, -0.15) is 4.31 Å². The number of hydrogen-bond donors (Lipinski definition) is 2. The van der Waals surface area contributed by atoms with Crippen molar-refractivity contribution in [1.82, 2.24) is 14.9 Å². The summed E-state index contributed by atoms with van der Waals surface area (Å²) in [5.74, 6) is 0. The SMILES string of the molecule is Cc1ccc(S(=O)(=O)N2CCC[C@H]2NC(=O)N[C@@H](C)c2ccccc2)cc1. The maximum absolute atomic E-state index is 12.9. The Morgan fingerprint density at radius 1 is 1.11 bits per heavy atom. The van der Waals surface area contributed by atoms with Crippen LogP contribution in [0.2, 0.25) is 0 Å². The van der Waals surface area contributed by atoms with Crippen molar-refractivity contribution in [2.75, 3.05) is 6.54 Å². The van der Waals surface area contributed by atoms with Crippen molar-refractivity contribution >= 4 is 16.1 Å². The predicted molar refractivity (Wildman–Crippen MR) is 105 cm³/mol. The van der Waals surface area contributed by atoms with Crippen LogP contribution < -0.4 is 10.6 Å². The topological polar surface area (TPSA) is 78.5 Å². The highest BCUT2D eigenvalue weighted by Gasteiger charge is 2.36. The zero-order chi connectivity index (χ0) is 19.4. The van der Waals surface area contributed by atoms with Crippen LogP contribution in [0.3, 0.4) is 0 Å². The van der Waals surface area contributed by atoms with Gasteiger partial charge in [-0.25, -0.2) is 13.2 Å². The number of carbonyl (C=O) groups is 1. The number of nitrogens with one attached hydrogen (secondary N) is 2. The van der Waals surface area contributed by atoms with Crippen LogP contribution in [0.15, 0.2) is 59.5 Å². The minimum absolute atomic E-state index is 0.172. The van der Waals surface area contributed by atoms with Crippen LogP contribution in [0.5, 0.6) is 0 Å². The molecule has 144 valence electrons. The molecule has 1 saturated heterocycles. The number of hydrogen-bond acceptors (Lipinski definition) is 3. The molecule has 0 aliphatic carbocycles. The zero-order valence-corrected chi connectivity index (χ0v) is 16.4. The minimum Gasteiger partial charge on any atom is -0.332 e. The second kappa shape index (κ2) is 8.10. The fourth-order valence-electron chi connectivity index (χ4n) is 3.23. The van der Waals surface area contributed by atoms with Gasteiger partial charge in [-0.05, 0) is 44.4 Å². The van der Waals surface area contributed by atoms with Crippen LogP contribution in [0.4, 0.5) is 4.79 Å². The van der Waals surface area contributed by atoms with E-state index in [9.17, 15) is 13.2 Å². The molecule has 0 spiro atoms. The molecule has 1 aliphatic heterocycles. The molecule has 2 aromatic rings. The molecule has 3 rings (SSSR count). The van der Waals surface area contributed by atoms with Crippen LogP contribution in [0.1, 0.15) is 36.9 Å². The molecule has 27 heavy (non-hydrogen) atoms. The fraction of sp³-hybridized carbons (Fsp3) is 0.350. The summed E-state index contributed by atoms with van der Waals surface area (Å²) in [4.78, 5) is 12.6. The molecule has 1 heterocycles. The third kappa shape index (κ3) is 4.48. The van der Waals surface area contributed by atoms with E-state index in [4.69, 9.17) is 0 Å². The van der Waals surface area contributed by atoms with Crippen LogP contribution in [0.25, 0.3) is 0 Å². The summed E-state index contributed by atoms with van der Waals surface area (Å²) in [5, 5.41) is 5.68. The first-order valence-electron chi connectivity index (χ1n) is 9.08. The Balaban J connectivity index is 1.67. The molecule has 0 bridgehead atoms. The first kappa shape index (κ1) is 19.4. The maximum Gasteiger partial charge on any atom is 0.316 e. The molecule has 7 heteroatoms. The van der Waals surface area contributed by atoms with Gasteiger partial charge in [-0.15, -0.1) is 0 Å². The molecule has 1 aliphatic rings. The van der Waals surface area contributed by atoms with Crippen molar-refractivity contribution in [3.63, 3.8) is 0 Å². The van der Waals surface area contributed by atoms with Crippen molar-refractivity contribution in [3.8, 4) is 0 Å². The molecule has 2 atom stereocenters. The number of rotatable bonds is 5. The average molecular weight is 388 g/mol. The van der Waals surface area contributed by atoms with Gasteiger partial charge >= 0.3 is 6.03 Å². The van der Waals surface area contributed by atoms with E-state index in [0.717, 1.165) is 11.1 Å². The van der Waals surface area contributed by atoms with Crippen LogP contribution >= 0.6 is 0 Å². The first-order chi connectivity index (χ1) is 12.9. The maximum atomic E-state index is 12.9. The molecule has 0 unspecified atom stereocenters. The Kier molecular flexibility index (Phi) is 5.82. The summed E-state index contributed by atoms with van der Waals surface area (Å²) in [5.41, 5.74) is 1.99. The standard InChI is InChI=1S/C20H25N3O3S/c1-15-10-12-18(13-11-15)27(25,26)23-14-6-9-19(23)22-20(24)21-16(2)17-7-4-3-5-8-17/h3-5,7-8,10-13,16,19H,6,9,14H2,1-2H3,(H2,21,22,24)/t16-,19-/m0/s1. The van der Waals surface area contributed by atoms with Gasteiger partial charge in [-0.1, -0.05) is 48.0 Å². The third-order valence-corrected chi connectivity index (χ3v) is 6.70. The number of benzene rings is 2. The van der Waals surface area contributed by atoms with Crippen LogP contribution in [0, 0.1) is 6.92 Å². The Bertz CT molecular complexity index is 882. The predicted octanol–water partition coefficient (Wildman–Crippen LogP) is 3.17. The molecular formula is C20H25N3O3S. The lowest BCUT2D eigenvalue weighted by molar-refractivity contribution is 0.225. The van der Waals surface area contributed by atoms with E-state index < -0.39 is 16.2 Å². The largest absolute Gasteiger partial charge is 0.332 e. The summed E-state index contributed by atoms with van der Waals surface area (Å²) < 4.78 is 27.3. The number of nitrogens with zero attached hydrogens (tertiary/aromatic N) is 1. The van der Waals surface area contributed by atoms with Crippen molar-refractivity contribution in [2.24, 2.45) is 0 Å². The summed E-state index contributed by atoms with van der Waals surface area (Å²) in [6, 6.07) is 15.9. The summed E-state index contributed by atoms with van der Waals surface area (Å²) in [6.07, 6.45) is 0.766. The van der Waals surface area contributed by atoms with E-state index in [0.29, 0.717) is 19.4 Å². The van der Waals surface area contributed by atoms with Gasteiger partial charge in [0.1, 0.15) is 0 Å². The first-order valence-corrected chi connectivity index (χ1v) is 10.5. The second-order valence-electron chi connectivity index (χ2n) is 6.84. The number of aryl methyl sites for hydroxylation is 1. The number of urea groups is 1. The average Bonchev–Trinajstić information content (AvgIpc) is 3.11. The minimum atomic E-state index is -3.64. The van der Waals surface area contributed by atoms with Gasteiger partial charge in [0.25, 0.3) is 0 Å². The van der Waals surface area contributed by atoms with E-state index in [1.54, 1.807) is 24.3 Å². The van der Waals surface area contributed by atoms with Crippen LogP contribution in [-0.4, -0.2) is 31.5 Å². The Labute approximate surface area is 160 Å². The fourth-order valence-corrected chi connectivity index (χ4v) is 4.85. The normalized spacial score (nSPS) is 18.8. The molecule has 6 nitrogen and oxygen atoms in total. The molecule has 2 amide bonds. The van der Waals surface area contributed by atoms with Crippen molar-refractivity contribution in [2.45, 2.75) is 43.8 Å². The van der Waals surface area contributed by atoms with Crippen molar-refractivity contribution in [1.29, 1.82) is 0 Å². The Morgan fingerprint density at radius 2 is 1.78 bits per heavy atom. The molecule has 0 aromatic heterocycles. The molecule has 0 saturated carbocycles. The van der Waals surface area contributed by atoms with Gasteiger partial charge in [-0.3, -0.25) is 0 Å². The van der Waals surface area contributed by atoms with Gasteiger partial charge in [0.2, 0.25) is 10.0 Å². The Hall–Kier alpha value is -2.38. The van der Waals surface area contributed by atoms with Crippen molar-refractivity contribution in [3.05, 3.63) is 65.7 Å². The summed E-state index contributed by atoms with van der Waals surface area (Å²) in [7, 11) is -3.64. The van der Waals surface area contributed by atoms with E-state index >= 15 is 0 Å². The molecule has 2 aromatic carbocycles. The monoisotopic (exact) mass is 387 g/mol. The van der Waals surface area contributed by atoms with Crippen LogP contribution in [-0.2, 0) is 10.0 Å². The van der Waals surface area contributed by atoms with E-state index in [2.05, 4.69) is 10.6 Å². The van der Waals surface area contributed by atoms with Gasteiger partial charge in [0.05, 0.1) is 17.1 Å². The van der Waals surface area contributed by atoms with Gasteiger partial charge in [0, 0.05) is 6.54 Å². The van der Waals surface area contributed by atoms with Gasteiger partial charge in [0.15, 0.2) is 0 Å². The smallest absolute Gasteiger partial charge is 0.316 e. The quantitative estimate of drug-likeness (QED) is 0.827. The highest BCUT2D eigenvalue weighted by Crippen LogP contribution is 2.25. The highest BCUT2D eigenvalue weighted by molar-refractivity contribution is 7.89. The number of carbonyl (C=O) groups excluding carboxylic acids is 1. The molecule has 1 fully saturated rings. The summed E-state index contributed by atoms with van der Waals surface area (Å²) in [6.45, 7) is 4.20. The molecular weight excluding hydrogens is 362 g/mol. The third-order valence-electron chi connectivity index (χ3n) is 4.78. The molecule has 0 radical (unpaired) electrons. The number of sulfonamides is 1. The van der Waals surface area contributed by atoms with Gasteiger partial charge < -0.3 is 10.6 Å². The van der Waals surface area contributed by atoms with E-state index in [1.165, 1.54) is 4.31 Å². The second-order valence-corrected chi connectivity index (χ2v) is 8.73. The highest BCUT2D eigenvalue weighted by atomic mass is 32.2. The van der Waals surface area contributed by atoms with E-state index in [1.807, 2.05) is 44.2 Å². The lowest BCUT2D eigenvalue weighted by atomic mass is 10.1.